The van der Waals surface area contributed by atoms with E-state index in [1.54, 1.807) is 14.2 Å². The molecule has 1 aromatic rings. The molecule has 1 heterocycles. The third-order valence-corrected chi connectivity index (χ3v) is 3.04. The quantitative estimate of drug-likeness (QED) is 0.791. The maximum Gasteiger partial charge on any atom is 0.0906 e. The predicted molar refractivity (Wildman–Crippen MR) is 77.0 cm³/mol. The minimum atomic E-state index is 0. The number of rotatable bonds is 6. The van der Waals surface area contributed by atoms with Gasteiger partial charge in [0.15, 0.2) is 0 Å². The summed E-state index contributed by atoms with van der Waals surface area (Å²) < 4.78 is 10.3. The second-order valence-corrected chi connectivity index (χ2v) is 4.14. The van der Waals surface area contributed by atoms with Crippen LogP contribution in [0.4, 0.5) is 11.4 Å². The van der Waals surface area contributed by atoms with Gasteiger partial charge in [0.1, 0.15) is 0 Å². The molecular formula is C13H21ClN2O2. The van der Waals surface area contributed by atoms with Gasteiger partial charge in [-0.3, -0.25) is 0 Å². The standard InChI is InChI=1S/C13H20N2O2.ClH/c1-16-9-7-14-11-15(8-10-17-2)13-6-4-3-5-12(13)14;/h3-6H,7-11H2,1-2H3;1H. The number of methoxy groups -OCH3 is 2. The highest BCUT2D eigenvalue weighted by molar-refractivity contribution is 5.85. The van der Waals surface area contributed by atoms with Crippen LogP contribution in [-0.4, -0.2) is 47.2 Å². The zero-order valence-electron chi connectivity index (χ0n) is 11.0. The van der Waals surface area contributed by atoms with Crippen molar-refractivity contribution in [1.82, 2.24) is 0 Å². The summed E-state index contributed by atoms with van der Waals surface area (Å²) in [6.45, 7) is 4.29. The van der Waals surface area contributed by atoms with Gasteiger partial charge in [-0.15, -0.1) is 12.4 Å². The van der Waals surface area contributed by atoms with Gasteiger partial charge < -0.3 is 19.3 Å². The second kappa shape index (κ2) is 7.46. The first kappa shape index (κ1) is 15.1. The fraction of sp³-hybridized carbons (Fsp3) is 0.538. The van der Waals surface area contributed by atoms with Crippen molar-refractivity contribution in [2.45, 2.75) is 0 Å². The molecule has 0 fully saturated rings. The van der Waals surface area contributed by atoms with Crippen LogP contribution in [0.5, 0.6) is 0 Å². The molecule has 1 aliphatic rings. The van der Waals surface area contributed by atoms with Crippen LogP contribution < -0.4 is 9.80 Å². The Hall–Kier alpha value is -0.970. The summed E-state index contributed by atoms with van der Waals surface area (Å²) in [6, 6.07) is 8.49. The largest absolute Gasteiger partial charge is 0.383 e. The second-order valence-electron chi connectivity index (χ2n) is 4.14. The molecule has 1 aromatic carbocycles. The molecular weight excluding hydrogens is 252 g/mol. The minimum Gasteiger partial charge on any atom is -0.383 e. The first-order valence-electron chi connectivity index (χ1n) is 5.93. The van der Waals surface area contributed by atoms with Crippen LogP contribution in [0.1, 0.15) is 0 Å². The third-order valence-electron chi connectivity index (χ3n) is 3.04. The average molecular weight is 273 g/mol. The first-order chi connectivity index (χ1) is 8.36. The van der Waals surface area contributed by atoms with Gasteiger partial charge in [0, 0.05) is 27.3 Å². The Labute approximate surface area is 115 Å². The molecule has 0 aliphatic carbocycles. The number of fused-ring (bicyclic) bond motifs is 1. The van der Waals surface area contributed by atoms with Crippen LogP contribution in [0.3, 0.4) is 0 Å². The molecule has 18 heavy (non-hydrogen) atoms. The lowest BCUT2D eigenvalue weighted by atomic mass is 10.2. The summed E-state index contributed by atoms with van der Waals surface area (Å²) in [5.74, 6) is 0. The lowest BCUT2D eigenvalue weighted by Crippen LogP contribution is -2.34. The van der Waals surface area contributed by atoms with E-state index < -0.39 is 0 Å². The summed E-state index contributed by atoms with van der Waals surface area (Å²) >= 11 is 0. The molecule has 5 heteroatoms. The van der Waals surface area contributed by atoms with Crippen molar-refractivity contribution in [3.63, 3.8) is 0 Å². The molecule has 0 saturated carbocycles. The van der Waals surface area contributed by atoms with E-state index in [1.807, 2.05) is 0 Å². The van der Waals surface area contributed by atoms with Crippen LogP contribution >= 0.6 is 12.4 Å². The molecule has 0 bridgehead atoms. The van der Waals surface area contributed by atoms with Gasteiger partial charge in [-0.05, 0) is 12.1 Å². The topological polar surface area (TPSA) is 24.9 Å². The first-order valence-corrected chi connectivity index (χ1v) is 5.93. The van der Waals surface area contributed by atoms with Crippen LogP contribution in [0.25, 0.3) is 0 Å². The Morgan fingerprint density at radius 2 is 1.39 bits per heavy atom. The molecule has 0 unspecified atom stereocenters. The van der Waals surface area contributed by atoms with E-state index in [2.05, 4.69) is 34.1 Å². The Morgan fingerprint density at radius 3 is 1.78 bits per heavy atom. The molecule has 4 nitrogen and oxygen atoms in total. The van der Waals surface area contributed by atoms with E-state index in [-0.39, 0.29) is 12.4 Å². The Kier molecular flexibility index (Phi) is 6.25. The number of nitrogens with zero attached hydrogens (tertiary/aromatic N) is 2. The summed E-state index contributed by atoms with van der Waals surface area (Å²) in [7, 11) is 3.48. The number of para-hydroxylation sites is 2. The van der Waals surface area contributed by atoms with E-state index in [0.717, 1.165) is 33.0 Å². The van der Waals surface area contributed by atoms with Crippen LogP contribution in [0.15, 0.2) is 24.3 Å². The van der Waals surface area contributed by atoms with Gasteiger partial charge in [-0.2, -0.15) is 0 Å². The van der Waals surface area contributed by atoms with Crippen LogP contribution in [0, 0.1) is 0 Å². The van der Waals surface area contributed by atoms with E-state index in [9.17, 15) is 0 Å². The van der Waals surface area contributed by atoms with Crippen molar-refractivity contribution in [2.75, 3.05) is 57.0 Å². The highest BCUT2D eigenvalue weighted by Gasteiger charge is 2.24. The zero-order chi connectivity index (χ0) is 12.1. The molecule has 0 atom stereocenters. The van der Waals surface area contributed by atoms with E-state index in [4.69, 9.17) is 9.47 Å². The molecule has 0 radical (unpaired) electrons. The summed E-state index contributed by atoms with van der Waals surface area (Å²) in [5, 5.41) is 0. The molecule has 1 aliphatic heterocycles. The van der Waals surface area contributed by atoms with Gasteiger partial charge in [0.05, 0.1) is 31.3 Å². The van der Waals surface area contributed by atoms with Gasteiger partial charge >= 0.3 is 0 Å². The van der Waals surface area contributed by atoms with Crippen molar-refractivity contribution in [3.05, 3.63) is 24.3 Å². The lowest BCUT2D eigenvalue weighted by Gasteiger charge is -2.21. The summed E-state index contributed by atoms with van der Waals surface area (Å²) in [6.07, 6.45) is 0. The Balaban J connectivity index is 0.00000162. The Bertz CT molecular complexity index is 330. The van der Waals surface area contributed by atoms with Crippen LogP contribution in [0.2, 0.25) is 0 Å². The molecule has 0 spiro atoms. The summed E-state index contributed by atoms with van der Waals surface area (Å²) in [5.41, 5.74) is 2.58. The average Bonchev–Trinajstić information content (AvgIpc) is 2.72. The number of benzene rings is 1. The van der Waals surface area contributed by atoms with Crippen molar-refractivity contribution in [2.24, 2.45) is 0 Å². The normalized spacial score (nSPS) is 13.4. The highest BCUT2D eigenvalue weighted by atomic mass is 35.5. The van der Waals surface area contributed by atoms with Gasteiger partial charge in [0.25, 0.3) is 0 Å². The van der Waals surface area contributed by atoms with E-state index in [1.165, 1.54) is 11.4 Å². The maximum atomic E-state index is 5.15. The highest BCUT2D eigenvalue weighted by Crippen LogP contribution is 2.34. The Morgan fingerprint density at radius 1 is 0.944 bits per heavy atom. The van der Waals surface area contributed by atoms with Crippen molar-refractivity contribution in [1.29, 1.82) is 0 Å². The summed E-state index contributed by atoms with van der Waals surface area (Å²) in [4.78, 5) is 4.68. The van der Waals surface area contributed by atoms with Crippen molar-refractivity contribution in [3.8, 4) is 0 Å². The SMILES string of the molecule is COCCN1CN(CCOC)c2ccccc21.Cl. The molecule has 0 N–H and O–H groups in total. The monoisotopic (exact) mass is 272 g/mol. The number of anilines is 2. The molecule has 0 aromatic heterocycles. The minimum absolute atomic E-state index is 0. The van der Waals surface area contributed by atoms with Crippen molar-refractivity contribution >= 4 is 23.8 Å². The van der Waals surface area contributed by atoms with E-state index in [0.29, 0.717) is 0 Å². The van der Waals surface area contributed by atoms with Crippen LogP contribution in [-0.2, 0) is 9.47 Å². The lowest BCUT2D eigenvalue weighted by molar-refractivity contribution is 0.202. The zero-order valence-corrected chi connectivity index (χ0v) is 11.8. The van der Waals surface area contributed by atoms with Crippen molar-refractivity contribution < 1.29 is 9.47 Å². The third kappa shape index (κ3) is 3.28. The van der Waals surface area contributed by atoms with Gasteiger partial charge in [-0.1, -0.05) is 12.1 Å². The van der Waals surface area contributed by atoms with Gasteiger partial charge in [0.2, 0.25) is 0 Å². The fourth-order valence-corrected chi connectivity index (χ4v) is 2.14. The van der Waals surface area contributed by atoms with Gasteiger partial charge in [-0.25, -0.2) is 0 Å². The molecule has 0 amide bonds. The smallest absolute Gasteiger partial charge is 0.0906 e. The molecule has 0 saturated heterocycles. The molecule has 102 valence electrons. The van der Waals surface area contributed by atoms with E-state index >= 15 is 0 Å². The number of ether oxygens (including phenoxy) is 2. The predicted octanol–water partition coefficient (Wildman–Crippen LogP) is 1.99. The fourth-order valence-electron chi connectivity index (χ4n) is 2.14. The number of hydrogen-bond acceptors (Lipinski definition) is 4. The molecule has 2 rings (SSSR count). The number of halogens is 1. The number of hydrogen-bond donors (Lipinski definition) is 0. The maximum absolute atomic E-state index is 5.15.